The Morgan fingerprint density at radius 3 is 2.38 bits per heavy atom. The molecular weight excluding hydrogens is 593 g/mol. The summed E-state index contributed by atoms with van der Waals surface area (Å²) in [6.07, 6.45) is -2.98. The number of rotatable bonds is 6. The predicted molar refractivity (Wildman–Crippen MR) is 159 cm³/mol. The van der Waals surface area contributed by atoms with E-state index in [1.807, 2.05) is 0 Å². The monoisotopic (exact) mass is 635 g/mol. The van der Waals surface area contributed by atoms with Crippen molar-refractivity contribution in [3.8, 4) is 0 Å². The summed E-state index contributed by atoms with van der Waals surface area (Å²) in [7, 11) is 2.08. The van der Waals surface area contributed by atoms with Gasteiger partial charge in [0.05, 0.1) is 0 Å². The van der Waals surface area contributed by atoms with Crippen LogP contribution >= 0.6 is 0 Å². The minimum Gasteiger partial charge on any atom is -0.383 e. The van der Waals surface area contributed by atoms with Crippen LogP contribution in [0.4, 0.5) is 22.0 Å². The van der Waals surface area contributed by atoms with Gasteiger partial charge in [0.1, 0.15) is 5.60 Å². The Balaban J connectivity index is 1.30. The Morgan fingerprint density at radius 1 is 1.02 bits per heavy atom. The molecule has 1 heterocycles. The van der Waals surface area contributed by atoms with Crippen molar-refractivity contribution < 1.29 is 36.6 Å². The van der Waals surface area contributed by atoms with Crippen LogP contribution in [0.25, 0.3) is 0 Å². The summed E-state index contributed by atoms with van der Waals surface area (Å²) in [6.45, 7) is 6.48. The number of halogens is 5. The lowest BCUT2D eigenvalue weighted by atomic mass is 9.50. The van der Waals surface area contributed by atoms with Gasteiger partial charge in [0.25, 0.3) is 5.91 Å². The Kier molecular flexibility index (Phi) is 8.30. The van der Waals surface area contributed by atoms with E-state index in [0.29, 0.717) is 43.4 Å². The molecule has 45 heavy (non-hydrogen) atoms. The van der Waals surface area contributed by atoms with Gasteiger partial charge in [0.2, 0.25) is 0 Å². The second-order valence-electron chi connectivity index (χ2n) is 14.0. The largest absolute Gasteiger partial charge is 0.456 e. The normalized spacial score (nSPS) is 32.9. The molecule has 0 spiro atoms. The van der Waals surface area contributed by atoms with Crippen LogP contribution in [0.5, 0.6) is 0 Å². The zero-order chi connectivity index (χ0) is 32.4. The molecule has 0 radical (unpaired) electrons. The zero-order valence-corrected chi connectivity index (χ0v) is 25.9. The number of hydrogen-bond acceptors (Lipinski definition) is 5. The van der Waals surface area contributed by atoms with E-state index >= 15 is 8.78 Å². The number of alkyl halides is 5. The highest BCUT2D eigenvalue weighted by atomic mass is 19.4. The predicted octanol–water partition coefficient (Wildman–Crippen LogP) is 5.49. The Labute approximate surface area is 260 Å². The molecule has 5 aliphatic rings. The number of piperazine rings is 1. The van der Waals surface area contributed by atoms with Gasteiger partial charge in [0.15, 0.2) is 5.78 Å². The fourth-order valence-electron chi connectivity index (χ4n) is 9.08. The molecule has 2 saturated carbocycles. The molecular formula is C34H42F5N3O3. The van der Waals surface area contributed by atoms with Crippen LogP contribution in [0.3, 0.4) is 0 Å². The van der Waals surface area contributed by atoms with Crippen molar-refractivity contribution in [3.63, 3.8) is 0 Å². The molecule has 0 aromatic heterocycles. The van der Waals surface area contributed by atoms with Crippen LogP contribution in [0.15, 0.2) is 47.1 Å². The number of nitrogens with one attached hydrogen (secondary N) is 1. The van der Waals surface area contributed by atoms with E-state index in [0.717, 1.165) is 49.4 Å². The Hall–Kier alpha value is -2.63. The molecule has 1 aromatic rings. The van der Waals surface area contributed by atoms with Crippen LogP contribution < -0.4 is 5.32 Å². The molecule has 2 N–H and O–H groups in total. The van der Waals surface area contributed by atoms with Gasteiger partial charge in [-0.15, -0.1) is 0 Å². The molecule has 0 unspecified atom stereocenters. The van der Waals surface area contributed by atoms with Gasteiger partial charge in [-0.2, -0.15) is 22.0 Å². The van der Waals surface area contributed by atoms with Gasteiger partial charge < -0.3 is 15.3 Å². The lowest BCUT2D eigenvalue weighted by molar-refractivity contribution is -0.362. The first-order chi connectivity index (χ1) is 21.2. The number of carbonyl (C=O) groups is 2. The quantitative estimate of drug-likeness (QED) is 0.405. The van der Waals surface area contributed by atoms with Crippen molar-refractivity contribution in [2.24, 2.45) is 17.3 Å². The van der Waals surface area contributed by atoms with Crippen LogP contribution in [0, 0.1) is 17.3 Å². The van der Waals surface area contributed by atoms with Gasteiger partial charge in [0, 0.05) is 62.6 Å². The van der Waals surface area contributed by atoms with E-state index in [2.05, 4.69) is 22.2 Å². The second-order valence-corrected chi connectivity index (χ2v) is 14.0. The molecule has 6 rings (SSSR count). The highest BCUT2D eigenvalue weighted by molar-refractivity contribution is 5.94. The van der Waals surface area contributed by atoms with Gasteiger partial charge in [-0.25, -0.2) is 0 Å². The zero-order valence-electron chi connectivity index (χ0n) is 25.9. The molecule has 3 fully saturated rings. The van der Waals surface area contributed by atoms with Gasteiger partial charge in [-0.05, 0) is 92.3 Å². The summed E-state index contributed by atoms with van der Waals surface area (Å²) in [4.78, 5) is 29.8. The van der Waals surface area contributed by atoms with Gasteiger partial charge >= 0.3 is 12.1 Å². The van der Waals surface area contributed by atoms with Crippen molar-refractivity contribution in [1.82, 2.24) is 15.1 Å². The van der Waals surface area contributed by atoms with Gasteiger partial charge in [-0.1, -0.05) is 24.6 Å². The van der Waals surface area contributed by atoms with E-state index in [4.69, 9.17) is 0 Å². The Bertz CT molecular complexity index is 1400. The molecule has 1 aliphatic heterocycles. The fraction of sp³-hybridized carbons (Fsp3) is 0.647. The second kappa shape index (κ2) is 11.6. The first kappa shape index (κ1) is 32.3. The standard InChI is InChI=1S/C34H42F5N3O3/c1-31-20-27(21-3-5-22(6-4-21)30(44)40-13-14-42-17-15-41(2)16-18-42)29-25-10-8-24(43)19-23(25)7-9-26(29)28(31)11-12-32(31,45)33(35,36)34(37,38)39/h3-6,19,26-28,45H,7-18,20H2,1-2H3,(H,40,44)/t26-,27+,28-,31-,32-/m0/s1. The molecule has 246 valence electrons. The molecule has 5 atom stereocenters. The smallest absolute Gasteiger partial charge is 0.383 e. The minimum absolute atomic E-state index is 0.0352. The molecule has 1 amide bonds. The first-order valence-corrected chi connectivity index (χ1v) is 16.1. The number of carbonyl (C=O) groups excluding carboxylic acids is 2. The van der Waals surface area contributed by atoms with Crippen molar-refractivity contribution in [2.45, 2.75) is 75.5 Å². The number of likely N-dealkylation sites (N-methyl/N-ethyl adjacent to an activating group) is 1. The fourth-order valence-corrected chi connectivity index (χ4v) is 9.08. The number of ketones is 1. The summed E-state index contributed by atoms with van der Waals surface area (Å²) >= 11 is 0. The number of benzene rings is 1. The van der Waals surface area contributed by atoms with E-state index in [1.165, 1.54) is 6.92 Å². The highest BCUT2D eigenvalue weighted by Gasteiger charge is 2.79. The summed E-state index contributed by atoms with van der Waals surface area (Å²) in [5.41, 5.74) is -0.876. The molecule has 1 aromatic carbocycles. The topological polar surface area (TPSA) is 72.9 Å². The van der Waals surface area contributed by atoms with E-state index < -0.39 is 41.4 Å². The molecule has 4 aliphatic carbocycles. The summed E-state index contributed by atoms with van der Waals surface area (Å²) in [5.74, 6) is -6.86. The van der Waals surface area contributed by atoms with E-state index in [1.54, 1.807) is 30.3 Å². The number of hydrogen-bond donors (Lipinski definition) is 2. The van der Waals surface area contributed by atoms with Crippen molar-refractivity contribution in [2.75, 3.05) is 46.3 Å². The van der Waals surface area contributed by atoms with Crippen LogP contribution in [0.1, 0.15) is 73.7 Å². The number of allylic oxidation sites excluding steroid dienone is 4. The van der Waals surface area contributed by atoms with Crippen LogP contribution in [-0.2, 0) is 4.79 Å². The van der Waals surface area contributed by atoms with Crippen molar-refractivity contribution in [3.05, 3.63) is 58.2 Å². The third kappa shape index (κ3) is 5.36. The van der Waals surface area contributed by atoms with Crippen LogP contribution in [-0.4, -0.2) is 90.6 Å². The third-order valence-electron chi connectivity index (χ3n) is 11.6. The average Bonchev–Trinajstić information content (AvgIpc) is 3.28. The van der Waals surface area contributed by atoms with Crippen molar-refractivity contribution >= 4 is 11.7 Å². The third-order valence-corrected chi connectivity index (χ3v) is 11.6. The maximum atomic E-state index is 15.2. The highest BCUT2D eigenvalue weighted by Crippen LogP contribution is 2.70. The first-order valence-electron chi connectivity index (χ1n) is 16.1. The number of aliphatic hydroxyl groups is 1. The van der Waals surface area contributed by atoms with Crippen molar-refractivity contribution in [1.29, 1.82) is 0 Å². The lowest BCUT2D eigenvalue weighted by Gasteiger charge is -2.56. The van der Waals surface area contributed by atoms with Gasteiger partial charge in [-0.3, -0.25) is 14.5 Å². The molecule has 0 bridgehead atoms. The molecule has 1 saturated heterocycles. The minimum atomic E-state index is -5.89. The van der Waals surface area contributed by atoms with Crippen LogP contribution in [0.2, 0.25) is 0 Å². The molecule has 6 nitrogen and oxygen atoms in total. The lowest BCUT2D eigenvalue weighted by Crippen LogP contribution is -2.65. The summed E-state index contributed by atoms with van der Waals surface area (Å²) in [6, 6.07) is 6.86. The SMILES string of the molecule is CN1CCN(CCNC(=O)c2ccc([C@H]3C[C@@]4(C)[C@@H](CC[C@@]4(O)C(F)(F)C(F)(F)F)[C@@H]4CCC5=CC(=O)CCC5=C43)cc2)CC1. The summed E-state index contributed by atoms with van der Waals surface area (Å²) in [5, 5.41) is 14.4. The van der Waals surface area contributed by atoms with E-state index in [-0.39, 0.29) is 30.4 Å². The molecule has 11 heteroatoms. The number of fused-ring (bicyclic) bond motifs is 4. The summed E-state index contributed by atoms with van der Waals surface area (Å²) < 4.78 is 71.8. The maximum Gasteiger partial charge on any atom is 0.456 e. The number of nitrogens with zero attached hydrogens (tertiary/aromatic N) is 2. The van der Waals surface area contributed by atoms with E-state index in [9.17, 15) is 27.9 Å². The average molecular weight is 636 g/mol. The maximum absolute atomic E-state index is 15.2. The number of amides is 1. The Morgan fingerprint density at radius 2 is 1.71 bits per heavy atom.